The lowest BCUT2D eigenvalue weighted by molar-refractivity contribution is 0.0918. The summed E-state index contributed by atoms with van der Waals surface area (Å²) in [4.78, 5) is 12.7. The Morgan fingerprint density at radius 1 is 1.17 bits per heavy atom. The number of sulfonamides is 1. The van der Waals surface area contributed by atoms with Crippen LogP contribution in [0.4, 0.5) is 4.39 Å². The highest BCUT2D eigenvalue weighted by atomic mass is 32.2. The van der Waals surface area contributed by atoms with Crippen LogP contribution in [-0.4, -0.2) is 31.1 Å². The van der Waals surface area contributed by atoms with Crippen LogP contribution in [0.15, 0.2) is 53.4 Å². The number of benzene rings is 2. The summed E-state index contributed by atoms with van der Waals surface area (Å²) in [5.41, 5.74) is 0.765. The van der Waals surface area contributed by atoms with E-state index in [0.717, 1.165) is 6.07 Å². The maximum Gasteiger partial charge on any atom is 0.243 e. The first-order chi connectivity index (χ1) is 11.4. The molecule has 0 spiro atoms. The number of rotatable bonds is 4. The van der Waals surface area contributed by atoms with Crippen molar-refractivity contribution in [1.82, 2.24) is 4.31 Å². The fourth-order valence-electron chi connectivity index (χ4n) is 3.00. The molecular formula is C18H18FNO3S. The first-order valence-corrected chi connectivity index (χ1v) is 9.22. The summed E-state index contributed by atoms with van der Waals surface area (Å²) in [5, 5.41) is 0. The molecule has 1 unspecified atom stereocenters. The zero-order valence-electron chi connectivity index (χ0n) is 13.3. The molecule has 0 aliphatic carbocycles. The van der Waals surface area contributed by atoms with Gasteiger partial charge in [0.25, 0.3) is 0 Å². The van der Waals surface area contributed by atoms with E-state index < -0.39 is 21.9 Å². The first-order valence-electron chi connectivity index (χ1n) is 7.78. The van der Waals surface area contributed by atoms with E-state index in [1.54, 1.807) is 30.3 Å². The molecule has 0 N–H and O–H groups in total. The molecule has 2 aromatic rings. The van der Waals surface area contributed by atoms with Gasteiger partial charge in [-0.15, -0.1) is 0 Å². The third-order valence-corrected chi connectivity index (χ3v) is 6.20. The average Bonchev–Trinajstić information content (AvgIpc) is 3.08. The van der Waals surface area contributed by atoms with Gasteiger partial charge in [0.1, 0.15) is 5.82 Å². The molecule has 0 amide bonds. The average molecular weight is 347 g/mol. The van der Waals surface area contributed by atoms with Gasteiger partial charge in [0.15, 0.2) is 5.78 Å². The summed E-state index contributed by atoms with van der Waals surface area (Å²) in [6, 6.07) is 11.7. The van der Waals surface area contributed by atoms with Crippen LogP contribution >= 0.6 is 0 Å². The Morgan fingerprint density at radius 2 is 1.88 bits per heavy atom. The summed E-state index contributed by atoms with van der Waals surface area (Å²) < 4.78 is 40.5. The van der Waals surface area contributed by atoms with Gasteiger partial charge in [0, 0.05) is 12.1 Å². The number of ketones is 1. The molecule has 0 aromatic heterocycles. The number of nitrogens with zero attached hydrogens (tertiary/aromatic N) is 1. The van der Waals surface area contributed by atoms with E-state index >= 15 is 0 Å². The van der Waals surface area contributed by atoms with Crippen molar-refractivity contribution in [2.75, 3.05) is 6.54 Å². The zero-order chi connectivity index (χ0) is 17.3. The Labute approximate surface area is 141 Å². The molecular weight excluding hydrogens is 329 g/mol. The Hall–Kier alpha value is -2.05. The van der Waals surface area contributed by atoms with Gasteiger partial charge in [-0.1, -0.05) is 30.3 Å². The van der Waals surface area contributed by atoms with Crippen molar-refractivity contribution in [2.45, 2.75) is 30.7 Å². The lowest BCUT2D eigenvalue weighted by Gasteiger charge is -2.23. The summed E-state index contributed by atoms with van der Waals surface area (Å²) in [5.74, 6) is -0.650. The van der Waals surface area contributed by atoms with Crippen molar-refractivity contribution in [3.05, 3.63) is 65.5 Å². The Balaban J connectivity index is 1.94. The van der Waals surface area contributed by atoms with Crippen molar-refractivity contribution in [3.8, 4) is 0 Å². The van der Waals surface area contributed by atoms with Crippen LogP contribution in [0.5, 0.6) is 0 Å². The van der Waals surface area contributed by atoms with E-state index in [-0.39, 0.29) is 16.2 Å². The van der Waals surface area contributed by atoms with Gasteiger partial charge < -0.3 is 0 Å². The Morgan fingerprint density at radius 3 is 2.54 bits per heavy atom. The molecule has 24 heavy (non-hydrogen) atoms. The number of aryl methyl sites for hydroxylation is 1. The van der Waals surface area contributed by atoms with Gasteiger partial charge in [0.2, 0.25) is 10.0 Å². The van der Waals surface area contributed by atoms with Gasteiger partial charge in [-0.3, -0.25) is 4.79 Å². The molecule has 0 radical (unpaired) electrons. The normalized spacial score (nSPS) is 18.7. The monoisotopic (exact) mass is 347 g/mol. The van der Waals surface area contributed by atoms with E-state index in [4.69, 9.17) is 0 Å². The largest absolute Gasteiger partial charge is 0.292 e. The van der Waals surface area contributed by atoms with E-state index in [9.17, 15) is 17.6 Å². The van der Waals surface area contributed by atoms with Gasteiger partial charge in [-0.25, -0.2) is 12.8 Å². The first kappa shape index (κ1) is 16.8. The molecule has 1 aliphatic rings. The van der Waals surface area contributed by atoms with Crippen LogP contribution in [0.25, 0.3) is 0 Å². The van der Waals surface area contributed by atoms with Crippen LogP contribution in [-0.2, 0) is 10.0 Å². The van der Waals surface area contributed by atoms with Crippen LogP contribution in [0, 0.1) is 12.7 Å². The number of hydrogen-bond donors (Lipinski definition) is 0. The maximum atomic E-state index is 13.4. The second-order valence-electron chi connectivity index (χ2n) is 5.92. The molecule has 1 aliphatic heterocycles. The molecule has 1 fully saturated rings. The summed E-state index contributed by atoms with van der Waals surface area (Å²) in [7, 11) is -3.83. The number of hydrogen-bond acceptors (Lipinski definition) is 3. The highest BCUT2D eigenvalue weighted by Crippen LogP contribution is 2.29. The number of carbonyl (C=O) groups is 1. The highest BCUT2D eigenvalue weighted by Gasteiger charge is 2.39. The van der Waals surface area contributed by atoms with Gasteiger partial charge in [-0.05, 0) is 43.5 Å². The number of carbonyl (C=O) groups excluding carboxylic acids is 1. The quantitative estimate of drug-likeness (QED) is 0.798. The minimum absolute atomic E-state index is 0.0224. The second kappa shape index (κ2) is 6.45. The van der Waals surface area contributed by atoms with Gasteiger partial charge in [0.05, 0.1) is 10.9 Å². The third-order valence-electron chi connectivity index (χ3n) is 4.30. The molecule has 2 aromatic carbocycles. The van der Waals surface area contributed by atoms with Crippen LogP contribution in [0.3, 0.4) is 0 Å². The van der Waals surface area contributed by atoms with E-state index in [0.29, 0.717) is 24.9 Å². The van der Waals surface area contributed by atoms with Gasteiger partial charge >= 0.3 is 0 Å². The maximum absolute atomic E-state index is 13.4. The molecule has 1 saturated heterocycles. The number of Topliss-reactive ketones (excluding diaryl/α,β-unsaturated/α-hetero) is 1. The molecule has 126 valence electrons. The SMILES string of the molecule is Cc1cc(S(=O)(=O)N2CCCC2C(=O)c2ccccc2)ccc1F. The van der Waals surface area contributed by atoms with Crippen molar-refractivity contribution < 1.29 is 17.6 Å². The van der Waals surface area contributed by atoms with Crippen molar-refractivity contribution >= 4 is 15.8 Å². The van der Waals surface area contributed by atoms with Crippen molar-refractivity contribution in [3.63, 3.8) is 0 Å². The fourth-order valence-corrected chi connectivity index (χ4v) is 4.74. The third kappa shape index (κ3) is 2.99. The van der Waals surface area contributed by atoms with Gasteiger partial charge in [-0.2, -0.15) is 4.31 Å². The van der Waals surface area contributed by atoms with E-state index in [1.165, 1.54) is 23.4 Å². The van der Waals surface area contributed by atoms with E-state index in [2.05, 4.69) is 0 Å². The standard InChI is InChI=1S/C18H18FNO3S/c1-13-12-15(9-10-16(13)19)24(22,23)20-11-5-8-17(20)18(21)14-6-3-2-4-7-14/h2-4,6-7,9-10,12,17H,5,8,11H2,1H3. The fraction of sp³-hybridized carbons (Fsp3) is 0.278. The molecule has 0 saturated carbocycles. The van der Waals surface area contributed by atoms with Crippen LogP contribution < -0.4 is 0 Å². The Bertz CT molecular complexity index is 865. The smallest absolute Gasteiger partial charge is 0.243 e. The highest BCUT2D eigenvalue weighted by molar-refractivity contribution is 7.89. The predicted octanol–water partition coefficient (Wildman–Crippen LogP) is 3.17. The predicted molar refractivity (Wildman–Crippen MR) is 88.8 cm³/mol. The second-order valence-corrected chi connectivity index (χ2v) is 7.81. The van der Waals surface area contributed by atoms with Crippen LogP contribution in [0.1, 0.15) is 28.8 Å². The van der Waals surface area contributed by atoms with E-state index in [1.807, 2.05) is 0 Å². The molecule has 1 atom stereocenters. The molecule has 3 rings (SSSR count). The molecule has 0 bridgehead atoms. The lowest BCUT2D eigenvalue weighted by atomic mass is 10.0. The van der Waals surface area contributed by atoms with Crippen molar-refractivity contribution in [2.24, 2.45) is 0 Å². The Kier molecular flexibility index (Phi) is 4.51. The lowest BCUT2D eigenvalue weighted by Crippen LogP contribution is -2.40. The minimum Gasteiger partial charge on any atom is -0.292 e. The zero-order valence-corrected chi connectivity index (χ0v) is 14.1. The minimum atomic E-state index is -3.83. The number of halogens is 1. The summed E-state index contributed by atoms with van der Waals surface area (Å²) >= 11 is 0. The molecule has 6 heteroatoms. The van der Waals surface area contributed by atoms with Crippen molar-refractivity contribution in [1.29, 1.82) is 0 Å². The molecule has 4 nitrogen and oxygen atoms in total. The summed E-state index contributed by atoms with van der Waals surface area (Å²) in [6.45, 7) is 1.81. The molecule has 1 heterocycles. The summed E-state index contributed by atoms with van der Waals surface area (Å²) in [6.07, 6.45) is 1.12. The van der Waals surface area contributed by atoms with Crippen LogP contribution in [0.2, 0.25) is 0 Å². The topological polar surface area (TPSA) is 54.5 Å².